The van der Waals surface area contributed by atoms with Gasteiger partial charge in [-0.25, -0.2) is 4.79 Å². The van der Waals surface area contributed by atoms with Gasteiger partial charge in [-0.2, -0.15) is 0 Å². The fraction of sp³-hybridized carbons (Fsp3) is 0.500. The van der Waals surface area contributed by atoms with Crippen LogP contribution in [0.2, 0.25) is 0 Å². The van der Waals surface area contributed by atoms with Crippen LogP contribution in [0.1, 0.15) is 31.9 Å². The van der Waals surface area contributed by atoms with Gasteiger partial charge in [0, 0.05) is 7.05 Å². The maximum atomic E-state index is 12.0. The minimum atomic E-state index is -0.992. The van der Waals surface area contributed by atoms with Gasteiger partial charge in [-0.3, -0.25) is 4.79 Å². The number of nitrogens with zero attached hydrogens (tertiary/aromatic N) is 1. The molecular formula is C16H23NO3. The van der Waals surface area contributed by atoms with Crippen LogP contribution in [-0.4, -0.2) is 35.0 Å². The summed E-state index contributed by atoms with van der Waals surface area (Å²) in [7, 11) is 1.52. The normalized spacial score (nSPS) is 12.2. The molecular weight excluding hydrogens is 254 g/mol. The predicted molar refractivity (Wildman–Crippen MR) is 78.6 cm³/mol. The highest BCUT2D eigenvalue weighted by Crippen LogP contribution is 2.11. The monoisotopic (exact) mass is 277 g/mol. The number of aliphatic carboxylic acids is 1. The second-order valence-electron chi connectivity index (χ2n) is 5.61. The minimum Gasteiger partial charge on any atom is -0.480 e. The van der Waals surface area contributed by atoms with Crippen LogP contribution in [0.15, 0.2) is 24.3 Å². The lowest BCUT2D eigenvalue weighted by Crippen LogP contribution is -2.41. The molecule has 0 saturated carbocycles. The number of likely N-dealkylation sites (N-methyl/N-ethyl adjacent to an activating group) is 1. The Morgan fingerprint density at radius 2 is 1.60 bits per heavy atom. The zero-order valence-electron chi connectivity index (χ0n) is 12.6. The van der Waals surface area contributed by atoms with Crippen LogP contribution in [-0.2, 0) is 22.4 Å². The van der Waals surface area contributed by atoms with Gasteiger partial charge in [0.1, 0.15) is 6.04 Å². The van der Waals surface area contributed by atoms with Gasteiger partial charge in [0.05, 0.1) is 6.42 Å². The number of benzene rings is 1. The van der Waals surface area contributed by atoms with Crippen LogP contribution in [0.4, 0.5) is 0 Å². The van der Waals surface area contributed by atoms with E-state index in [2.05, 4.69) is 13.8 Å². The molecule has 4 heteroatoms. The van der Waals surface area contributed by atoms with E-state index < -0.39 is 12.0 Å². The average molecular weight is 277 g/mol. The van der Waals surface area contributed by atoms with Crippen molar-refractivity contribution < 1.29 is 14.7 Å². The van der Waals surface area contributed by atoms with Gasteiger partial charge >= 0.3 is 5.97 Å². The van der Waals surface area contributed by atoms with Crippen molar-refractivity contribution in [2.24, 2.45) is 5.92 Å². The molecule has 0 heterocycles. The van der Waals surface area contributed by atoms with Gasteiger partial charge in [-0.1, -0.05) is 38.1 Å². The third-order valence-electron chi connectivity index (χ3n) is 3.35. The molecule has 1 N–H and O–H groups in total. The summed E-state index contributed by atoms with van der Waals surface area (Å²) in [6.07, 6.45) is 1.25. The van der Waals surface area contributed by atoms with Gasteiger partial charge in [-0.15, -0.1) is 0 Å². The van der Waals surface area contributed by atoms with Crippen molar-refractivity contribution in [2.45, 2.75) is 39.7 Å². The summed E-state index contributed by atoms with van der Waals surface area (Å²) in [6, 6.07) is 7.14. The second-order valence-corrected chi connectivity index (χ2v) is 5.61. The summed E-state index contributed by atoms with van der Waals surface area (Å²) in [4.78, 5) is 24.1. The first-order valence-corrected chi connectivity index (χ1v) is 6.87. The van der Waals surface area contributed by atoms with E-state index in [0.29, 0.717) is 5.92 Å². The molecule has 0 aliphatic rings. The van der Waals surface area contributed by atoms with E-state index in [9.17, 15) is 9.59 Å². The van der Waals surface area contributed by atoms with Gasteiger partial charge in [-0.05, 0) is 30.4 Å². The van der Waals surface area contributed by atoms with Crippen molar-refractivity contribution in [1.82, 2.24) is 4.90 Å². The largest absolute Gasteiger partial charge is 0.480 e. The molecule has 0 aromatic heterocycles. The Balaban J connectivity index is 2.64. The Hall–Kier alpha value is -1.84. The molecule has 0 aliphatic carbocycles. The van der Waals surface area contributed by atoms with Crippen molar-refractivity contribution in [1.29, 1.82) is 0 Å². The van der Waals surface area contributed by atoms with Crippen molar-refractivity contribution in [3.63, 3.8) is 0 Å². The molecule has 0 aliphatic heterocycles. The zero-order valence-corrected chi connectivity index (χ0v) is 12.6. The molecule has 0 radical (unpaired) electrons. The minimum absolute atomic E-state index is 0.184. The molecule has 0 saturated heterocycles. The number of carbonyl (C=O) groups excluding carboxylic acids is 1. The summed E-state index contributed by atoms with van der Waals surface area (Å²) >= 11 is 0. The van der Waals surface area contributed by atoms with E-state index in [1.807, 2.05) is 24.3 Å². The number of carboxylic acids is 1. The molecule has 1 unspecified atom stereocenters. The summed E-state index contributed by atoms with van der Waals surface area (Å²) in [5.74, 6) is -0.574. The highest BCUT2D eigenvalue weighted by Gasteiger charge is 2.21. The van der Waals surface area contributed by atoms with Crippen LogP contribution < -0.4 is 0 Å². The third-order valence-corrected chi connectivity index (χ3v) is 3.35. The molecule has 1 amide bonds. The smallest absolute Gasteiger partial charge is 0.326 e. The molecule has 4 nitrogen and oxygen atoms in total. The Morgan fingerprint density at radius 1 is 1.10 bits per heavy atom. The molecule has 1 atom stereocenters. The van der Waals surface area contributed by atoms with Gasteiger partial charge < -0.3 is 10.0 Å². The van der Waals surface area contributed by atoms with E-state index >= 15 is 0 Å². The topological polar surface area (TPSA) is 57.6 Å². The molecule has 0 spiro atoms. The van der Waals surface area contributed by atoms with Crippen LogP contribution in [0, 0.1) is 5.92 Å². The van der Waals surface area contributed by atoms with E-state index in [1.54, 1.807) is 0 Å². The lowest BCUT2D eigenvalue weighted by Gasteiger charge is -2.21. The van der Waals surface area contributed by atoms with Crippen molar-refractivity contribution in [2.75, 3.05) is 7.05 Å². The number of rotatable bonds is 6. The Labute approximate surface area is 120 Å². The third kappa shape index (κ3) is 4.68. The zero-order chi connectivity index (χ0) is 15.3. The van der Waals surface area contributed by atoms with E-state index in [4.69, 9.17) is 5.11 Å². The first kappa shape index (κ1) is 16.2. The second kappa shape index (κ2) is 7.08. The maximum absolute atomic E-state index is 12.0. The number of hydrogen-bond donors (Lipinski definition) is 1. The summed E-state index contributed by atoms with van der Waals surface area (Å²) in [6.45, 7) is 5.84. The van der Waals surface area contributed by atoms with Crippen LogP contribution in [0.25, 0.3) is 0 Å². The summed E-state index contributed by atoms with van der Waals surface area (Å²) in [5, 5.41) is 8.89. The average Bonchev–Trinajstić information content (AvgIpc) is 2.38. The van der Waals surface area contributed by atoms with Crippen LogP contribution in [0.3, 0.4) is 0 Å². The SMILES string of the molecule is CC(C)Cc1ccc(CC(=O)N(C)C(C)C(=O)O)cc1. The lowest BCUT2D eigenvalue weighted by atomic mass is 10.0. The highest BCUT2D eigenvalue weighted by molar-refractivity contribution is 5.84. The molecule has 20 heavy (non-hydrogen) atoms. The number of hydrogen-bond acceptors (Lipinski definition) is 2. The lowest BCUT2D eigenvalue weighted by molar-refractivity contribution is -0.147. The quantitative estimate of drug-likeness (QED) is 0.868. The van der Waals surface area contributed by atoms with E-state index in [1.165, 1.54) is 24.4 Å². The van der Waals surface area contributed by atoms with Crippen LogP contribution in [0.5, 0.6) is 0 Å². The van der Waals surface area contributed by atoms with E-state index in [-0.39, 0.29) is 12.3 Å². The molecule has 1 aromatic rings. The predicted octanol–water partition coefficient (Wildman–Crippen LogP) is 2.36. The van der Waals surface area contributed by atoms with E-state index in [0.717, 1.165) is 12.0 Å². The standard InChI is InChI=1S/C16H23NO3/c1-11(2)9-13-5-7-14(8-6-13)10-15(18)17(4)12(3)16(19)20/h5-8,11-12H,9-10H2,1-4H3,(H,19,20). The molecule has 110 valence electrons. The van der Waals surface area contributed by atoms with Gasteiger partial charge in [0.2, 0.25) is 5.91 Å². The first-order chi connectivity index (χ1) is 9.31. The molecule has 1 rings (SSSR count). The number of amides is 1. The van der Waals surface area contributed by atoms with Gasteiger partial charge in [0.25, 0.3) is 0 Å². The highest BCUT2D eigenvalue weighted by atomic mass is 16.4. The number of carbonyl (C=O) groups is 2. The fourth-order valence-corrected chi connectivity index (χ4v) is 1.95. The fourth-order valence-electron chi connectivity index (χ4n) is 1.95. The van der Waals surface area contributed by atoms with Crippen molar-refractivity contribution in [3.05, 3.63) is 35.4 Å². The summed E-state index contributed by atoms with van der Waals surface area (Å²) < 4.78 is 0. The van der Waals surface area contributed by atoms with Crippen molar-refractivity contribution >= 4 is 11.9 Å². The van der Waals surface area contributed by atoms with Gasteiger partial charge in [0.15, 0.2) is 0 Å². The molecule has 0 fully saturated rings. The number of carboxylic acid groups (broad SMARTS) is 1. The molecule has 0 bridgehead atoms. The van der Waals surface area contributed by atoms with Crippen molar-refractivity contribution in [3.8, 4) is 0 Å². The Bertz CT molecular complexity index is 465. The maximum Gasteiger partial charge on any atom is 0.326 e. The first-order valence-electron chi connectivity index (χ1n) is 6.87. The Morgan fingerprint density at radius 3 is 2.05 bits per heavy atom. The van der Waals surface area contributed by atoms with Crippen LogP contribution >= 0.6 is 0 Å². The molecule has 1 aromatic carbocycles. The Kier molecular flexibility index (Phi) is 5.74. The summed E-state index contributed by atoms with van der Waals surface area (Å²) in [5.41, 5.74) is 2.16.